The Morgan fingerprint density at radius 1 is 1.35 bits per heavy atom. The molecule has 6 nitrogen and oxygen atoms in total. The Bertz CT molecular complexity index is 773. The molecular formula is C15H16BrFN4O2. The van der Waals surface area contributed by atoms with Gasteiger partial charge in [0.05, 0.1) is 29.2 Å². The van der Waals surface area contributed by atoms with Crippen LogP contribution >= 0.6 is 15.9 Å². The molecule has 2 aromatic rings. The molecule has 8 heteroatoms. The van der Waals surface area contributed by atoms with Crippen molar-refractivity contribution in [1.29, 1.82) is 0 Å². The number of aryl methyl sites for hydroxylation is 2. The fraction of sp³-hybridized carbons (Fsp3) is 0.267. The second-order valence-corrected chi connectivity index (χ2v) is 5.88. The van der Waals surface area contributed by atoms with E-state index in [1.807, 2.05) is 6.92 Å². The van der Waals surface area contributed by atoms with Gasteiger partial charge < -0.3 is 10.6 Å². The van der Waals surface area contributed by atoms with Crippen LogP contribution in [0.15, 0.2) is 22.7 Å². The number of hydrogen-bond acceptors (Lipinski definition) is 3. The number of carbonyl (C=O) groups excluding carboxylic acids is 2. The molecule has 2 N–H and O–H groups in total. The molecule has 0 aliphatic carbocycles. The molecule has 122 valence electrons. The third kappa shape index (κ3) is 3.95. The normalized spacial score (nSPS) is 10.5. The average Bonchev–Trinajstić information content (AvgIpc) is 2.71. The summed E-state index contributed by atoms with van der Waals surface area (Å²) in [5.74, 6) is -1.28. The van der Waals surface area contributed by atoms with Gasteiger partial charge in [-0.05, 0) is 48.0 Å². The molecule has 0 bridgehead atoms. The quantitative estimate of drug-likeness (QED) is 0.851. The number of hydrogen-bond donors (Lipinski definition) is 2. The van der Waals surface area contributed by atoms with E-state index in [2.05, 4.69) is 31.7 Å². The van der Waals surface area contributed by atoms with Crippen LogP contribution in [0.4, 0.5) is 10.1 Å². The highest BCUT2D eigenvalue weighted by Gasteiger charge is 2.15. The molecule has 1 heterocycles. The molecule has 23 heavy (non-hydrogen) atoms. The molecule has 1 aromatic heterocycles. The lowest BCUT2D eigenvalue weighted by Crippen LogP contribution is -2.33. The van der Waals surface area contributed by atoms with Crippen LogP contribution in [-0.2, 0) is 11.8 Å². The van der Waals surface area contributed by atoms with Crippen molar-refractivity contribution in [3.8, 4) is 0 Å². The first-order valence-electron chi connectivity index (χ1n) is 6.83. The molecule has 2 rings (SSSR count). The Labute approximate surface area is 141 Å². The Balaban J connectivity index is 1.97. The summed E-state index contributed by atoms with van der Waals surface area (Å²) in [7, 11) is 1.78. The number of anilines is 1. The van der Waals surface area contributed by atoms with E-state index in [9.17, 15) is 14.0 Å². The van der Waals surface area contributed by atoms with E-state index in [1.54, 1.807) is 18.7 Å². The highest BCUT2D eigenvalue weighted by atomic mass is 79.9. The summed E-state index contributed by atoms with van der Waals surface area (Å²) in [6.45, 7) is 3.43. The van der Waals surface area contributed by atoms with Crippen LogP contribution in [0.2, 0.25) is 0 Å². The molecule has 1 aromatic carbocycles. The first-order chi connectivity index (χ1) is 10.8. The minimum atomic E-state index is -0.466. The van der Waals surface area contributed by atoms with E-state index in [-0.39, 0.29) is 18.0 Å². The second kappa shape index (κ2) is 6.91. The number of halogens is 2. The third-order valence-corrected chi connectivity index (χ3v) is 4.01. The molecule has 0 unspecified atom stereocenters. The van der Waals surface area contributed by atoms with Gasteiger partial charge in [0.2, 0.25) is 5.91 Å². The maximum Gasteiger partial charge on any atom is 0.252 e. The van der Waals surface area contributed by atoms with Crippen molar-refractivity contribution in [1.82, 2.24) is 15.1 Å². The standard InChI is InChI=1S/C15H16BrFN4O2/c1-8-14(9(2)21(3)20-8)19-13(22)7-18-15(23)11-5-4-10(17)6-12(11)16/h4-6H,7H2,1-3H3,(H,18,23)(H,19,22). The summed E-state index contributed by atoms with van der Waals surface area (Å²) >= 11 is 3.12. The Kier molecular flexibility index (Phi) is 5.15. The predicted molar refractivity (Wildman–Crippen MR) is 87.7 cm³/mol. The van der Waals surface area contributed by atoms with Gasteiger partial charge in [-0.2, -0.15) is 5.10 Å². The molecule has 0 aliphatic heterocycles. The van der Waals surface area contributed by atoms with Crippen LogP contribution in [-0.4, -0.2) is 28.1 Å². The maximum absolute atomic E-state index is 13.0. The molecular weight excluding hydrogens is 367 g/mol. The number of amides is 2. The van der Waals surface area contributed by atoms with Crippen molar-refractivity contribution in [2.45, 2.75) is 13.8 Å². The average molecular weight is 383 g/mol. The van der Waals surface area contributed by atoms with E-state index in [1.165, 1.54) is 18.2 Å². The van der Waals surface area contributed by atoms with Gasteiger partial charge >= 0.3 is 0 Å². The summed E-state index contributed by atoms with van der Waals surface area (Å²) in [5, 5.41) is 9.41. The SMILES string of the molecule is Cc1nn(C)c(C)c1NC(=O)CNC(=O)c1ccc(F)cc1Br. The molecule has 0 fully saturated rings. The topological polar surface area (TPSA) is 76.0 Å². The number of nitrogens with one attached hydrogen (secondary N) is 2. The molecule has 0 saturated carbocycles. The van der Waals surface area contributed by atoms with Crippen LogP contribution in [0.25, 0.3) is 0 Å². The summed E-state index contributed by atoms with van der Waals surface area (Å²) in [6, 6.07) is 3.72. The van der Waals surface area contributed by atoms with Crippen LogP contribution < -0.4 is 10.6 Å². The van der Waals surface area contributed by atoms with Crippen LogP contribution in [0.3, 0.4) is 0 Å². The van der Waals surface area contributed by atoms with Crippen molar-refractivity contribution in [3.63, 3.8) is 0 Å². The van der Waals surface area contributed by atoms with E-state index in [0.29, 0.717) is 15.9 Å². The summed E-state index contributed by atoms with van der Waals surface area (Å²) in [6.07, 6.45) is 0. The van der Waals surface area contributed by atoms with E-state index < -0.39 is 11.7 Å². The van der Waals surface area contributed by atoms with Gasteiger partial charge in [-0.15, -0.1) is 0 Å². The minimum absolute atomic E-state index is 0.198. The van der Waals surface area contributed by atoms with Crippen molar-refractivity contribution < 1.29 is 14.0 Å². The van der Waals surface area contributed by atoms with Crippen molar-refractivity contribution in [2.75, 3.05) is 11.9 Å². The second-order valence-electron chi connectivity index (χ2n) is 5.02. The molecule has 2 amide bonds. The maximum atomic E-state index is 13.0. The van der Waals surface area contributed by atoms with Crippen LogP contribution in [0, 0.1) is 19.7 Å². The largest absolute Gasteiger partial charge is 0.343 e. The highest BCUT2D eigenvalue weighted by Crippen LogP contribution is 2.19. The summed E-state index contributed by atoms with van der Waals surface area (Å²) in [5.41, 5.74) is 2.41. The number of nitrogens with zero attached hydrogens (tertiary/aromatic N) is 2. The van der Waals surface area contributed by atoms with Gasteiger partial charge in [0.25, 0.3) is 5.91 Å². The van der Waals surface area contributed by atoms with Crippen LogP contribution in [0.5, 0.6) is 0 Å². The number of carbonyl (C=O) groups is 2. The molecule has 0 spiro atoms. The van der Waals surface area contributed by atoms with Crippen molar-refractivity contribution in [3.05, 3.63) is 45.4 Å². The predicted octanol–water partition coefficient (Wildman–Crippen LogP) is 2.31. The number of benzene rings is 1. The number of rotatable bonds is 4. The van der Waals surface area contributed by atoms with Gasteiger partial charge in [0, 0.05) is 11.5 Å². The van der Waals surface area contributed by atoms with E-state index in [4.69, 9.17) is 0 Å². The third-order valence-electron chi connectivity index (χ3n) is 3.36. The summed E-state index contributed by atoms with van der Waals surface area (Å²) in [4.78, 5) is 24.0. The van der Waals surface area contributed by atoms with E-state index in [0.717, 1.165) is 5.69 Å². The molecule has 0 radical (unpaired) electrons. The van der Waals surface area contributed by atoms with Crippen molar-refractivity contribution in [2.24, 2.45) is 7.05 Å². The van der Waals surface area contributed by atoms with Gasteiger partial charge in [-0.25, -0.2) is 4.39 Å². The lowest BCUT2D eigenvalue weighted by atomic mass is 10.2. The first-order valence-corrected chi connectivity index (χ1v) is 7.62. The summed E-state index contributed by atoms with van der Waals surface area (Å²) < 4.78 is 15.0. The number of aromatic nitrogens is 2. The smallest absolute Gasteiger partial charge is 0.252 e. The molecule has 0 aliphatic rings. The fourth-order valence-corrected chi connectivity index (χ4v) is 2.60. The monoisotopic (exact) mass is 382 g/mol. The zero-order valence-corrected chi connectivity index (χ0v) is 14.5. The lowest BCUT2D eigenvalue weighted by molar-refractivity contribution is -0.115. The molecule has 0 saturated heterocycles. The Hall–Kier alpha value is -2.22. The van der Waals surface area contributed by atoms with Gasteiger partial charge in [-0.3, -0.25) is 14.3 Å². The fourth-order valence-electron chi connectivity index (χ4n) is 2.07. The zero-order chi connectivity index (χ0) is 17.1. The van der Waals surface area contributed by atoms with E-state index >= 15 is 0 Å². The van der Waals surface area contributed by atoms with Gasteiger partial charge in [0.1, 0.15) is 5.82 Å². The molecule has 0 atom stereocenters. The lowest BCUT2D eigenvalue weighted by Gasteiger charge is -2.08. The van der Waals surface area contributed by atoms with Gasteiger partial charge in [-0.1, -0.05) is 0 Å². The Morgan fingerprint density at radius 3 is 2.61 bits per heavy atom. The Morgan fingerprint density at radius 2 is 2.04 bits per heavy atom. The van der Waals surface area contributed by atoms with Gasteiger partial charge in [0.15, 0.2) is 0 Å². The van der Waals surface area contributed by atoms with Crippen molar-refractivity contribution >= 4 is 33.4 Å². The van der Waals surface area contributed by atoms with Crippen LogP contribution in [0.1, 0.15) is 21.7 Å². The first kappa shape index (κ1) is 17.1. The zero-order valence-electron chi connectivity index (χ0n) is 12.9. The minimum Gasteiger partial charge on any atom is -0.343 e. The highest BCUT2D eigenvalue weighted by molar-refractivity contribution is 9.10.